The maximum atomic E-state index is 11.6. The van der Waals surface area contributed by atoms with Gasteiger partial charge in [0.15, 0.2) is 0 Å². The quantitative estimate of drug-likeness (QED) is 0.672. The summed E-state index contributed by atoms with van der Waals surface area (Å²) in [5, 5.41) is 1.34. The lowest BCUT2D eigenvalue weighted by molar-refractivity contribution is -0.170. The molecule has 0 unspecified atom stereocenters. The van der Waals surface area contributed by atoms with Crippen LogP contribution in [0.25, 0.3) is 0 Å². The van der Waals surface area contributed by atoms with E-state index in [4.69, 9.17) is 4.84 Å². The predicted molar refractivity (Wildman–Crippen MR) is 60.1 cm³/mol. The van der Waals surface area contributed by atoms with Crippen LogP contribution in [0.1, 0.15) is 45.4 Å². The third kappa shape index (κ3) is 3.82. The smallest absolute Gasteiger partial charge is 0.246 e. The van der Waals surface area contributed by atoms with Gasteiger partial charge in [0.05, 0.1) is 7.11 Å². The molecule has 0 heterocycles. The van der Waals surface area contributed by atoms with Gasteiger partial charge in [-0.05, 0) is 24.7 Å². The van der Waals surface area contributed by atoms with Crippen molar-refractivity contribution in [2.24, 2.45) is 11.8 Å². The molecule has 0 bridgehead atoms. The van der Waals surface area contributed by atoms with Crippen LogP contribution in [0, 0.1) is 11.8 Å². The highest BCUT2D eigenvalue weighted by atomic mass is 16.7. The minimum atomic E-state index is 0.109. The van der Waals surface area contributed by atoms with E-state index >= 15 is 0 Å². The van der Waals surface area contributed by atoms with Crippen LogP contribution in [0.4, 0.5) is 0 Å². The topological polar surface area (TPSA) is 29.5 Å². The van der Waals surface area contributed by atoms with Crippen LogP contribution in [0.2, 0.25) is 0 Å². The molecule has 0 aliphatic heterocycles. The zero-order chi connectivity index (χ0) is 11.3. The van der Waals surface area contributed by atoms with Crippen molar-refractivity contribution in [3.63, 3.8) is 0 Å². The summed E-state index contributed by atoms with van der Waals surface area (Å²) in [6, 6.07) is 0. The molecule has 0 N–H and O–H groups in total. The second-order valence-corrected chi connectivity index (χ2v) is 4.57. The molecule has 1 rings (SSSR count). The zero-order valence-corrected chi connectivity index (χ0v) is 10.2. The van der Waals surface area contributed by atoms with Crippen molar-refractivity contribution in [3.05, 3.63) is 0 Å². The summed E-state index contributed by atoms with van der Waals surface area (Å²) in [6.45, 7) is 2.26. The van der Waals surface area contributed by atoms with Crippen LogP contribution in [-0.2, 0) is 9.63 Å². The minimum Gasteiger partial charge on any atom is -0.275 e. The maximum absolute atomic E-state index is 11.6. The molecule has 15 heavy (non-hydrogen) atoms. The standard InChI is InChI=1S/C12H23NO2/c1-4-10-5-7-11(8-6-10)9-12(14)13(2)15-3/h10-11H,4-9H2,1-3H3. The van der Waals surface area contributed by atoms with Gasteiger partial charge in [0.25, 0.3) is 0 Å². The van der Waals surface area contributed by atoms with Gasteiger partial charge in [0, 0.05) is 13.5 Å². The average Bonchev–Trinajstić information content (AvgIpc) is 2.29. The molecule has 1 aliphatic carbocycles. The van der Waals surface area contributed by atoms with Gasteiger partial charge in [-0.2, -0.15) is 0 Å². The second-order valence-electron chi connectivity index (χ2n) is 4.57. The first-order valence-corrected chi connectivity index (χ1v) is 5.98. The summed E-state index contributed by atoms with van der Waals surface area (Å²) < 4.78 is 0. The second kappa shape index (κ2) is 6.11. The third-order valence-corrected chi connectivity index (χ3v) is 3.63. The molecule has 3 heteroatoms. The molecule has 1 aliphatic rings. The molecular formula is C12H23NO2. The molecule has 88 valence electrons. The van der Waals surface area contributed by atoms with E-state index in [1.165, 1.54) is 44.3 Å². The monoisotopic (exact) mass is 213 g/mol. The van der Waals surface area contributed by atoms with E-state index in [9.17, 15) is 4.79 Å². The highest BCUT2D eigenvalue weighted by Gasteiger charge is 2.23. The van der Waals surface area contributed by atoms with Gasteiger partial charge in [-0.15, -0.1) is 0 Å². The normalized spacial score (nSPS) is 26.3. The Morgan fingerprint density at radius 1 is 1.27 bits per heavy atom. The Bertz CT molecular complexity index is 198. The van der Waals surface area contributed by atoms with Crippen LogP contribution < -0.4 is 0 Å². The van der Waals surface area contributed by atoms with Crippen molar-refractivity contribution in [3.8, 4) is 0 Å². The fourth-order valence-electron chi connectivity index (χ4n) is 2.32. The maximum Gasteiger partial charge on any atom is 0.246 e. The van der Waals surface area contributed by atoms with Gasteiger partial charge in [-0.25, -0.2) is 5.06 Å². The molecule has 0 radical (unpaired) electrons. The fraction of sp³-hybridized carbons (Fsp3) is 0.917. The first-order chi connectivity index (χ1) is 7.17. The Labute approximate surface area is 92.7 Å². The molecule has 0 spiro atoms. The molecule has 1 fully saturated rings. The van der Waals surface area contributed by atoms with Crippen molar-refractivity contribution < 1.29 is 9.63 Å². The van der Waals surface area contributed by atoms with Crippen LogP contribution in [0.3, 0.4) is 0 Å². The van der Waals surface area contributed by atoms with Crippen LogP contribution in [0.5, 0.6) is 0 Å². The van der Waals surface area contributed by atoms with Crippen molar-refractivity contribution in [1.29, 1.82) is 0 Å². The summed E-state index contributed by atoms with van der Waals surface area (Å²) >= 11 is 0. The fourth-order valence-corrected chi connectivity index (χ4v) is 2.32. The van der Waals surface area contributed by atoms with Crippen molar-refractivity contribution in [2.75, 3.05) is 14.2 Å². The molecule has 1 saturated carbocycles. The SMILES string of the molecule is CCC1CCC(CC(=O)N(C)OC)CC1. The van der Waals surface area contributed by atoms with Crippen LogP contribution in [0.15, 0.2) is 0 Å². The third-order valence-electron chi connectivity index (χ3n) is 3.63. The van der Waals surface area contributed by atoms with Crippen molar-refractivity contribution >= 4 is 5.91 Å². The molecule has 0 aromatic carbocycles. The Morgan fingerprint density at radius 3 is 2.27 bits per heavy atom. The van der Waals surface area contributed by atoms with Crippen molar-refractivity contribution in [2.45, 2.75) is 45.4 Å². The lowest BCUT2D eigenvalue weighted by atomic mass is 9.79. The summed E-state index contributed by atoms with van der Waals surface area (Å²) in [4.78, 5) is 16.5. The van der Waals surface area contributed by atoms with Crippen LogP contribution in [-0.4, -0.2) is 25.1 Å². The molecule has 0 aromatic heterocycles. The summed E-state index contributed by atoms with van der Waals surface area (Å²) in [6.07, 6.45) is 6.96. The molecule has 1 amide bonds. The Hall–Kier alpha value is -0.570. The molecular weight excluding hydrogens is 190 g/mol. The number of carbonyl (C=O) groups excluding carboxylic acids is 1. The van der Waals surface area contributed by atoms with Gasteiger partial charge in [0.2, 0.25) is 5.91 Å². The zero-order valence-electron chi connectivity index (χ0n) is 10.2. The number of hydrogen-bond donors (Lipinski definition) is 0. The number of hydroxylamine groups is 2. The molecule has 0 aromatic rings. The van der Waals surface area contributed by atoms with E-state index < -0.39 is 0 Å². The molecule has 0 atom stereocenters. The number of hydrogen-bond acceptors (Lipinski definition) is 2. The first kappa shape index (κ1) is 12.5. The predicted octanol–water partition coefficient (Wildman–Crippen LogP) is 2.61. The van der Waals surface area contributed by atoms with E-state index in [1.807, 2.05) is 0 Å². The van der Waals surface area contributed by atoms with Gasteiger partial charge in [-0.1, -0.05) is 26.2 Å². The van der Waals surface area contributed by atoms with Gasteiger partial charge < -0.3 is 0 Å². The minimum absolute atomic E-state index is 0.109. The highest BCUT2D eigenvalue weighted by molar-refractivity contribution is 5.75. The number of carbonyl (C=O) groups is 1. The first-order valence-electron chi connectivity index (χ1n) is 5.98. The van der Waals surface area contributed by atoms with E-state index in [2.05, 4.69) is 6.92 Å². The van der Waals surface area contributed by atoms with Gasteiger partial charge in [0.1, 0.15) is 0 Å². The lowest BCUT2D eigenvalue weighted by Gasteiger charge is -2.28. The number of amides is 1. The van der Waals surface area contributed by atoms with Gasteiger partial charge in [-0.3, -0.25) is 9.63 Å². The molecule has 3 nitrogen and oxygen atoms in total. The number of nitrogens with zero attached hydrogens (tertiary/aromatic N) is 1. The van der Waals surface area contributed by atoms with Gasteiger partial charge >= 0.3 is 0 Å². The highest BCUT2D eigenvalue weighted by Crippen LogP contribution is 2.32. The van der Waals surface area contributed by atoms with E-state index in [1.54, 1.807) is 7.05 Å². The average molecular weight is 213 g/mol. The molecule has 0 saturated heterocycles. The summed E-state index contributed by atoms with van der Waals surface area (Å²) in [5.41, 5.74) is 0. The van der Waals surface area contributed by atoms with E-state index in [0.29, 0.717) is 12.3 Å². The lowest BCUT2D eigenvalue weighted by Crippen LogP contribution is -2.28. The Kier molecular flexibility index (Phi) is 5.09. The summed E-state index contributed by atoms with van der Waals surface area (Å²) in [5.74, 6) is 1.59. The Morgan fingerprint density at radius 2 is 1.80 bits per heavy atom. The van der Waals surface area contributed by atoms with E-state index in [-0.39, 0.29) is 5.91 Å². The van der Waals surface area contributed by atoms with Crippen molar-refractivity contribution in [1.82, 2.24) is 5.06 Å². The Balaban J connectivity index is 2.26. The van der Waals surface area contributed by atoms with E-state index in [0.717, 1.165) is 5.92 Å². The number of rotatable bonds is 4. The van der Waals surface area contributed by atoms with Crippen LogP contribution >= 0.6 is 0 Å². The summed E-state index contributed by atoms with van der Waals surface area (Å²) in [7, 11) is 3.21. The largest absolute Gasteiger partial charge is 0.275 e.